The number of pyridine rings is 1. The summed E-state index contributed by atoms with van der Waals surface area (Å²) in [6.45, 7) is 6.57. The van der Waals surface area contributed by atoms with Crippen molar-refractivity contribution in [3.63, 3.8) is 0 Å². The number of anilines is 1. The Balaban J connectivity index is 1.40. The van der Waals surface area contributed by atoms with Crippen molar-refractivity contribution in [1.29, 1.82) is 0 Å². The number of aliphatic hydroxyl groups is 1. The van der Waals surface area contributed by atoms with Gasteiger partial charge in [0.1, 0.15) is 11.3 Å². The lowest BCUT2D eigenvalue weighted by Crippen LogP contribution is -2.51. The van der Waals surface area contributed by atoms with Gasteiger partial charge in [0.15, 0.2) is 0 Å². The number of nitrogens with zero attached hydrogens (tertiary/aromatic N) is 5. The van der Waals surface area contributed by atoms with Crippen LogP contribution in [0.4, 0.5) is 5.69 Å². The third-order valence-corrected chi connectivity index (χ3v) is 9.66. The molecule has 5 aromatic rings. The molecule has 1 aliphatic carbocycles. The van der Waals surface area contributed by atoms with Gasteiger partial charge < -0.3 is 24.6 Å². The normalized spacial score (nSPS) is 14.0. The van der Waals surface area contributed by atoms with E-state index in [1.807, 2.05) is 60.8 Å². The maximum absolute atomic E-state index is 14.9. The van der Waals surface area contributed by atoms with E-state index in [4.69, 9.17) is 4.42 Å². The highest BCUT2D eigenvalue weighted by atomic mass is 32.1. The fourth-order valence-electron chi connectivity index (χ4n) is 5.78. The monoisotopic (exact) mass is 678 g/mol. The number of hydrogen-bond donors (Lipinski definition) is 2. The Hall–Kier alpha value is -4.87. The largest absolute Gasteiger partial charge is 0.445 e. The van der Waals surface area contributed by atoms with Crippen molar-refractivity contribution in [3.8, 4) is 11.5 Å². The molecule has 0 saturated heterocycles. The highest BCUT2D eigenvalue weighted by Gasteiger charge is 2.34. The van der Waals surface area contributed by atoms with Crippen molar-refractivity contribution in [2.45, 2.75) is 70.7 Å². The molecule has 1 fully saturated rings. The van der Waals surface area contributed by atoms with Crippen LogP contribution in [0.15, 0.2) is 89.2 Å². The minimum atomic E-state index is -0.967. The van der Waals surface area contributed by atoms with Crippen molar-refractivity contribution >= 4 is 28.8 Å². The number of oxazole rings is 1. The standard InChI is InChI=1S/C38H42N6O4S/c1-24(2)30-18-32(20-39-19-30)43(4)21-34(45)33(14-26-8-6-5-7-9-26)44(22-35-41-25(3)23-49-35)38(47)29-16-27(36(46)42-31-10-11-31)15-28(17-29)37-40-12-13-48-37/h5-9,12-13,15-20,23-24,31,33-34,45H,10-11,14,21-22H2,1-4H3,(H,42,46)/t33-,34+/m0/s1. The third-order valence-electron chi connectivity index (χ3n) is 8.71. The molecule has 11 heteroatoms. The molecule has 3 aromatic heterocycles. The molecule has 1 aliphatic rings. The average Bonchev–Trinajstić information content (AvgIpc) is 3.55. The molecule has 1 saturated carbocycles. The molecular formula is C38H42N6O4S. The second-order valence-corrected chi connectivity index (χ2v) is 14.0. The quantitative estimate of drug-likeness (QED) is 0.141. The number of carbonyl (C=O) groups excluding carboxylic acids is 2. The molecule has 2 amide bonds. The summed E-state index contributed by atoms with van der Waals surface area (Å²) in [5.74, 6) is 0.00596. The lowest BCUT2D eigenvalue weighted by molar-refractivity contribution is 0.0350. The van der Waals surface area contributed by atoms with Gasteiger partial charge in [-0.1, -0.05) is 44.2 Å². The SMILES string of the molecule is Cc1csc(CN(C(=O)c2cc(C(=O)NC3CC3)cc(-c3ncco3)c2)[C@@H](Cc2ccccc2)[C@H](O)CN(C)c2cncc(C(C)C)c2)n1. The Morgan fingerprint density at radius 1 is 1.08 bits per heavy atom. The molecule has 10 nitrogen and oxygen atoms in total. The predicted molar refractivity (Wildman–Crippen MR) is 191 cm³/mol. The molecule has 0 bridgehead atoms. The number of benzene rings is 2. The molecule has 2 aromatic carbocycles. The fraction of sp³-hybridized carbons (Fsp3) is 0.342. The number of aryl methyl sites for hydroxylation is 1. The van der Waals surface area contributed by atoms with E-state index in [0.29, 0.717) is 29.4 Å². The first-order valence-electron chi connectivity index (χ1n) is 16.6. The van der Waals surface area contributed by atoms with Crippen LogP contribution >= 0.6 is 11.3 Å². The molecule has 49 heavy (non-hydrogen) atoms. The Kier molecular flexibility index (Phi) is 10.5. The molecule has 2 N–H and O–H groups in total. The molecular weight excluding hydrogens is 637 g/mol. The Labute approximate surface area is 290 Å². The molecule has 6 rings (SSSR count). The number of likely N-dealkylation sites (N-methyl/N-ethyl adjacent to an activating group) is 1. The number of nitrogens with one attached hydrogen (secondary N) is 1. The van der Waals surface area contributed by atoms with Crippen LogP contribution in [0.5, 0.6) is 0 Å². The predicted octanol–water partition coefficient (Wildman–Crippen LogP) is 6.27. The first kappa shape index (κ1) is 34.0. The highest BCUT2D eigenvalue weighted by Crippen LogP contribution is 2.28. The molecule has 254 valence electrons. The van der Waals surface area contributed by atoms with E-state index in [9.17, 15) is 14.7 Å². The van der Waals surface area contributed by atoms with E-state index < -0.39 is 12.1 Å². The Morgan fingerprint density at radius 2 is 1.86 bits per heavy atom. The van der Waals surface area contributed by atoms with Gasteiger partial charge in [0.2, 0.25) is 5.89 Å². The number of hydrogen-bond acceptors (Lipinski definition) is 9. The molecule has 3 heterocycles. The second kappa shape index (κ2) is 15.1. The van der Waals surface area contributed by atoms with Crippen LogP contribution in [0.3, 0.4) is 0 Å². The van der Waals surface area contributed by atoms with E-state index in [-0.39, 0.29) is 36.5 Å². The van der Waals surface area contributed by atoms with Gasteiger partial charge in [0, 0.05) is 53.6 Å². The molecule has 0 aliphatic heterocycles. The van der Waals surface area contributed by atoms with Crippen LogP contribution in [0.25, 0.3) is 11.5 Å². The van der Waals surface area contributed by atoms with E-state index >= 15 is 0 Å². The summed E-state index contributed by atoms with van der Waals surface area (Å²) in [4.78, 5) is 45.3. The maximum atomic E-state index is 14.9. The van der Waals surface area contributed by atoms with Gasteiger partial charge in [-0.05, 0) is 67.5 Å². The van der Waals surface area contributed by atoms with Crippen molar-refractivity contribution in [2.24, 2.45) is 0 Å². The molecule has 0 spiro atoms. The van der Waals surface area contributed by atoms with Crippen LogP contribution in [0, 0.1) is 6.92 Å². The van der Waals surface area contributed by atoms with Crippen molar-refractivity contribution < 1.29 is 19.1 Å². The number of carbonyl (C=O) groups is 2. The zero-order valence-electron chi connectivity index (χ0n) is 28.2. The fourth-order valence-corrected chi connectivity index (χ4v) is 6.55. The van der Waals surface area contributed by atoms with Crippen LogP contribution in [0.2, 0.25) is 0 Å². The minimum Gasteiger partial charge on any atom is -0.445 e. The minimum absolute atomic E-state index is 0.139. The van der Waals surface area contributed by atoms with E-state index in [1.165, 1.54) is 23.8 Å². The zero-order chi connectivity index (χ0) is 34.5. The first-order valence-corrected chi connectivity index (χ1v) is 17.5. The number of rotatable bonds is 14. The summed E-state index contributed by atoms with van der Waals surface area (Å²) in [5.41, 5.74) is 4.95. The second-order valence-electron chi connectivity index (χ2n) is 13.0. The number of amides is 2. The number of aromatic nitrogens is 3. The molecule has 0 radical (unpaired) electrons. The van der Waals surface area contributed by atoms with Gasteiger partial charge in [-0.2, -0.15) is 0 Å². The topological polar surface area (TPSA) is 125 Å². The Morgan fingerprint density at radius 3 is 2.53 bits per heavy atom. The average molecular weight is 679 g/mol. The van der Waals surface area contributed by atoms with Gasteiger partial charge in [-0.3, -0.25) is 14.6 Å². The summed E-state index contributed by atoms with van der Waals surface area (Å²) in [5, 5.41) is 17.8. The van der Waals surface area contributed by atoms with Crippen LogP contribution in [-0.2, 0) is 13.0 Å². The smallest absolute Gasteiger partial charge is 0.254 e. The summed E-state index contributed by atoms with van der Waals surface area (Å²) < 4.78 is 5.59. The zero-order valence-corrected chi connectivity index (χ0v) is 29.1. The molecule has 0 unspecified atom stereocenters. The van der Waals surface area contributed by atoms with E-state index in [2.05, 4.69) is 40.2 Å². The van der Waals surface area contributed by atoms with E-state index in [0.717, 1.165) is 40.4 Å². The van der Waals surface area contributed by atoms with Crippen LogP contribution in [-0.4, -0.2) is 68.6 Å². The van der Waals surface area contributed by atoms with Gasteiger partial charge in [0.05, 0.1) is 36.8 Å². The van der Waals surface area contributed by atoms with E-state index in [1.54, 1.807) is 29.3 Å². The summed E-state index contributed by atoms with van der Waals surface area (Å²) in [6, 6.07) is 16.4. The maximum Gasteiger partial charge on any atom is 0.254 e. The first-order chi connectivity index (χ1) is 23.6. The third kappa shape index (κ3) is 8.60. The van der Waals surface area contributed by atoms with Gasteiger partial charge in [-0.15, -0.1) is 11.3 Å². The van der Waals surface area contributed by atoms with Crippen molar-refractivity contribution in [2.75, 3.05) is 18.5 Å². The summed E-state index contributed by atoms with van der Waals surface area (Å²) >= 11 is 1.47. The van der Waals surface area contributed by atoms with Crippen LogP contribution in [0.1, 0.15) is 75.2 Å². The number of thiazole rings is 1. The van der Waals surface area contributed by atoms with Crippen LogP contribution < -0.4 is 10.2 Å². The van der Waals surface area contributed by atoms with Gasteiger partial charge in [-0.25, -0.2) is 9.97 Å². The Bertz CT molecular complexity index is 1870. The lowest BCUT2D eigenvalue weighted by atomic mass is 9.97. The van der Waals surface area contributed by atoms with Gasteiger partial charge in [0.25, 0.3) is 11.8 Å². The molecule has 2 atom stereocenters. The highest BCUT2D eigenvalue weighted by molar-refractivity contribution is 7.09. The summed E-state index contributed by atoms with van der Waals surface area (Å²) in [7, 11) is 1.92. The van der Waals surface area contributed by atoms with Crippen molar-refractivity contribution in [1.82, 2.24) is 25.2 Å². The number of aliphatic hydroxyl groups excluding tert-OH is 1. The summed E-state index contributed by atoms with van der Waals surface area (Å²) in [6.07, 6.45) is 7.93. The lowest BCUT2D eigenvalue weighted by Gasteiger charge is -2.37. The van der Waals surface area contributed by atoms with Crippen molar-refractivity contribution in [3.05, 3.63) is 118 Å². The van der Waals surface area contributed by atoms with Gasteiger partial charge >= 0.3 is 0 Å².